The average Bonchev–Trinajstić information content (AvgIpc) is 2.96. The van der Waals surface area contributed by atoms with Gasteiger partial charge in [0, 0.05) is 55.0 Å². The summed E-state index contributed by atoms with van der Waals surface area (Å²) in [5.74, 6) is 0.0567. The molecule has 2 amide bonds. The normalized spacial score (nSPS) is 19.0. The molecule has 4 atom stereocenters. The van der Waals surface area contributed by atoms with Crippen molar-refractivity contribution in [1.29, 1.82) is 0 Å². The summed E-state index contributed by atoms with van der Waals surface area (Å²) in [5, 5.41) is 9.65. The summed E-state index contributed by atoms with van der Waals surface area (Å²) < 4.78 is 28.4. The molecule has 0 saturated heterocycles. The van der Waals surface area contributed by atoms with E-state index in [1.54, 1.807) is 42.1 Å². The number of carbonyl (C=O) groups is 2. The molecule has 4 rings (SSSR count). The Balaban J connectivity index is 1.62. The van der Waals surface area contributed by atoms with Crippen LogP contribution >= 0.6 is 0 Å². The molecule has 0 radical (unpaired) electrons. The van der Waals surface area contributed by atoms with Gasteiger partial charge >= 0.3 is 0 Å². The van der Waals surface area contributed by atoms with Crippen LogP contribution in [0.15, 0.2) is 78.9 Å². The zero-order valence-corrected chi connectivity index (χ0v) is 25.1. The summed E-state index contributed by atoms with van der Waals surface area (Å²) in [5.41, 5.74) is 2.45. The highest BCUT2D eigenvalue weighted by atomic mass is 28.4. The van der Waals surface area contributed by atoms with E-state index in [0.717, 1.165) is 23.2 Å². The first-order valence-electron chi connectivity index (χ1n) is 13.9. The number of aliphatic hydroxyl groups excluding tert-OH is 1. The molecule has 1 heterocycles. The Bertz CT molecular complexity index is 1300. The van der Waals surface area contributed by atoms with Gasteiger partial charge in [-0.1, -0.05) is 55.5 Å². The molecule has 0 fully saturated rings. The fourth-order valence-electron chi connectivity index (χ4n) is 5.66. The second-order valence-corrected chi connectivity index (χ2v) is 14.9. The molecule has 3 aromatic carbocycles. The van der Waals surface area contributed by atoms with Crippen molar-refractivity contribution >= 4 is 32.1 Å². The molecule has 1 aliphatic rings. The van der Waals surface area contributed by atoms with Gasteiger partial charge in [-0.05, 0) is 49.0 Å². The van der Waals surface area contributed by atoms with Gasteiger partial charge in [-0.2, -0.15) is 0 Å². The van der Waals surface area contributed by atoms with Crippen molar-refractivity contribution in [3.8, 4) is 5.75 Å². The second kappa shape index (κ2) is 13.4. The molecular formula is C32H39FN2O5Si. The van der Waals surface area contributed by atoms with Crippen LogP contribution in [0, 0.1) is 5.92 Å². The van der Waals surface area contributed by atoms with Gasteiger partial charge in [-0.25, -0.2) is 0 Å². The topological polar surface area (TPSA) is 79.3 Å². The van der Waals surface area contributed by atoms with Crippen molar-refractivity contribution in [3.63, 3.8) is 0 Å². The summed E-state index contributed by atoms with van der Waals surface area (Å²) in [4.78, 5) is 28.7. The number of hydrogen-bond acceptors (Lipinski definition) is 5. The molecule has 41 heavy (non-hydrogen) atoms. The predicted molar refractivity (Wildman–Crippen MR) is 160 cm³/mol. The lowest BCUT2D eigenvalue weighted by Gasteiger charge is -2.43. The van der Waals surface area contributed by atoms with E-state index in [-0.39, 0.29) is 31.4 Å². The Morgan fingerprint density at radius 3 is 2.32 bits per heavy atom. The molecule has 7 nitrogen and oxygen atoms in total. The number of rotatable bonds is 12. The molecule has 0 bridgehead atoms. The summed E-state index contributed by atoms with van der Waals surface area (Å²) >= 11 is 0. The van der Waals surface area contributed by atoms with E-state index in [1.165, 1.54) is 0 Å². The molecular weight excluding hydrogens is 539 g/mol. The van der Waals surface area contributed by atoms with Crippen LogP contribution in [0.25, 0.3) is 0 Å². The van der Waals surface area contributed by atoms with Crippen molar-refractivity contribution in [3.05, 3.63) is 90.0 Å². The molecule has 1 unspecified atom stereocenters. The van der Waals surface area contributed by atoms with Crippen molar-refractivity contribution in [1.82, 2.24) is 4.90 Å². The van der Waals surface area contributed by atoms with Gasteiger partial charge in [0.25, 0.3) is 0 Å². The first kappa shape index (κ1) is 30.4. The monoisotopic (exact) mass is 578 g/mol. The molecule has 1 aliphatic heterocycles. The maximum Gasteiger partial charge on any atom is 0.248 e. The minimum Gasteiger partial charge on any atom is -0.490 e. The third kappa shape index (κ3) is 7.04. The fraction of sp³-hybridized carbons (Fsp3) is 0.375. The lowest BCUT2D eigenvalue weighted by Crippen LogP contribution is -2.48. The molecule has 1 N–H and O–H groups in total. The number of halogens is 1. The summed E-state index contributed by atoms with van der Waals surface area (Å²) in [6, 6.07) is 24.3. The maximum atomic E-state index is 16.0. The number of methoxy groups -OCH3 is 1. The number of ether oxygens (including phenoxy) is 2. The standard InChI is InChI=1S/C32H39FN2O5Si/c1-23-31(39-2)27-19-26(35(22-37)25-13-9-6-10-14-25)15-16-28(27)40-32(23)29(41(3,4)33)20-30(38)34(17-18-36)21-24-11-7-5-8-12-24/h5-16,19,22-23,29,31-32,36H,17-18,20-21H2,1-4H3/t23-,29?,31-,32-/m0/s1. The number of nitrogens with zero attached hydrogens (tertiary/aromatic N) is 2. The van der Waals surface area contributed by atoms with Crippen LogP contribution in [0.5, 0.6) is 5.75 Å². The van der Waals surface area contributed by atoms with Crippen LogP contribution in [0.4, 0.5) is 15.5 Å². The largest absolute Gasteiger partial charge is 0.490 e. The zero-order valence-electron chi connectivity index (χ0n) is 24.1. The lowest BCUT2D eigenvalue weighted by atomic mass is 9.86. The van der Waals surface area contributed by atoms with Crippen molar-refractivity contribution < 1.29 is 28.3 Å². The molecule has 218 valence electrons. The number of amides is 2. The summed E-state index contributed by atoms with van der Waals surface area (Å²) in [6.07, 6.45) is -0.298. The van der Waals surface area contributed by atoms with E-state index >= 15 is 4.11 Å². The van der Waals surface area contributed by atoms with Crippen LogP contribution in [0.1, 0.15) is 30.6 Å². The predicted octanol–water partition coefficient (Wildman–Crippen LogP) is 6.02. The second-order valence-electron chi connectivity index (χ2n) is 11.0. The molecule has 9 heteroatoms. The van der Waals surface area contributed by atoms with E-state index in [9.17, 15) is 14.7 Å². The zero-order chi connectivity index (χ0) is 29.6. The highest BCUT2D eigenvalue weighted by Crippen LogP contribution is 2.48. The number of carbonyl (C=O) groups excluding carboxylic acids is 2. The molecule has 0 aromatic heterocycles. The quantitative estimate of drug-likeness (QED) is 0.162. The van der Waals surface area contributed by atoms with E-state index in [1.807, 2.05) is 73.7 Å². The third-order valence-corrected chi connectivity index (χ3v) is 10.1. The van der Waals surface area contributed by atoms with Gasteiger partial charge in [0.15, 0.2) is 0 Å². The first-order valence-corrected chi connectivity index (χ1v) is 16.9. The number of aliphatic hydroxyl groups is 1. The Hall–Kier alpha value is -3.53. The van der Waals surface area contributed by atoms with E-state index < -0.39 is 26.2 Å². The number of fused-ring (bicyclic) bond motifs is 1. The Morgan fingerprint density at radius 2 is 1.73 bits per heavy atom. The van der Waals surface area contributed by atoms with Crippen LogP contribution < -0.4 is 9.64 Å². The van der Waals surface area contributed by atoms with Gasteiger partial charge in [0.2, 0.25) is 20.7 Å². The summed E-state index contributed by atoms with van der Waals surface area (Å²) in [7, 11) is -1.82. The highest BCUT2D eigenvalue weighted by Gasteiger charge is 2.48. The van der Waals surface area contributed by atoms with E-state index in [0.29, 0.717) is 18.0 Å². The SMILES string of the molecule is CO[C@@H]1c2cc(N(C=O)c3ccccc3)ccc2O[C@H](C(CC(=O)N(CCO)Cc2ccccc2)[Si](C)(C)F)[C@H]1C. The van der Waals surface area contributed by atoms with Crippen LogP contribution in [-0.4, -0.2) is 57.1 Å². The van der Waals surface area contributed by atoms with Crippen LogP contribution in [0.3, 0.4) is 0 Å². The minimum atomic E-state index is -3.43. The Morgan fingerprint density at radius 1 is 1.07 bits per heavy atom. The van der Waals surface area contributed by atoms with Gasteiger partial charge in [-0.15, -0.1) is 0 Å². The number of hydrogen-bond donors (Lipinski definition) is 1. The van der Waals surface area contributed by atoms with E-state index in [4.69, 9.17) is 9.47 Å². The van der Waals surface area contributed by atoms with Gasteiger partial charge < -0.3 is 23.6 Å². The Kier molecular flexibility index (Phi) is 9.96. The molecule has 0 saturated carbocycles. The highest BCUT2D eigenvalue weighted by molar-refractivity contribution is 6.72. The van der Waals surface area contributed by atoms with Crippen LogP contribution in [-0.2, 0) is 20.9 Å². The van der Waals surface area contributed by atoms with Gasteiger partial charge in [-0.3, -0.25) is 14.5 Å². The summed E-state index contributed by atoms with van der Waals surface area (Å²) in [6.45, 7) is 5.49. The molecule has 0 aliphatic carbocycles. The molecule has 0 spiro atoms. The van der Waals surface area contributed by atoms with Gasteiger partial charge in [0.05, 0.1) is 12.7 Å². The number of benzene rings is 3. The average molecular weight is 579 g/mol. The van der Waals surface area contributed by atoms with Crippen molar-refractivity contribution in [2.24, 2.45) is 5.92 Å². The third-order valence-electron chi connectivity index (χ3n) is 7.84. The first-order chi connectivity index (χ1) is 19.7. The van der Waals surface area contributed by atoms with Crippen molar-refractivity contribution in [2.45, 2.75) is 50.7 Å². The van der Waals surface area contributed by atoms with Crippen molar-refractivity contribution in [2.75, 3.05) is 25.2 Å². The number of anilines is 2. The smallest absolute Gasteiger partial charge is 0.248 e. The number of para-hydroxylation sites is 1. The maximum absolute atomic E-state index is 16.0. The Labute approximate surface area is 242 Å². The van der Waals surface area contributed by atoms with E-state index in [2.05, 4.69) is 0 Å². The molecule has 3 aromatic rings. The minimum absolute atomic E-state index is 0.0334. The van der Waals surface area contributed by atoms with Gasteiger partial charge in [0.1, 0.15) is 11.9 Å². The fourth-order valence-corrected chi connectivity index (χ4v) is 7.47. The van der Waals surface area contributed by atoms with Crippen LogP contribution in [0.2, 0.25) is 18.6 Å². The lowest BCUT2D eigenvalue weighted by molar-refractivity contribution is -0.133.